The van der Waals surface area contributed by atoms with E-state index in [0.29, 0.717) is 22.9 Å². The molecule has 0 saturated heterocycles. The van der Waals surface area contributed by atoms with Crippen molar-refractivity contribution in [2.75, 3.05) is 31.0 Å². The lowest BCUT2D eigenvalue weighted by atomic mass is 10.00. The number of fused-ring (bicyclic) bond motifs is 1. The Morgan fingerprint density at radius 1 is 1.00 bits per heavy atom. The highest BCUT2D eigenvalue weighted by molar-refractivity contribution is 6.03. The number of carbonyl (C=O) groups excluding carboxylic acids is 1. The van der Waals surface area contributed by atoms with Gasteiger partial charge in [0.1, 0.15) is 17.8 Å². The summed E-state index contributed by atoms with van der Waals surface area (Å²) in [5.74, 6) is 1.58. The summed E-state index contributed by atoms with van der Waals surface area (Å²) in [6.45, 7) is 1.62. The Kier molecular flexibility index (Phi) is 5.29. The van der Waals surface area contributed by atoms with Gasteiger partial charge in [-0.05, 0) is 29.7 Å². The average molecular weight is 390 g/mol. The monoisotopic (exact) mass is 390 g/mol. The summed E-state index contributed by atoms with van der Waals surface area (Å²) in [6.07, 6.45) is 2.38. The van der Waals surface area contributed by atoms with Crippen molar-refractivity contribution in [1.29, 1.82) is 0 Å². The fraction of sp³-hybridized carbons (Fsp3) is 0.227. The molecule has 1 N–H and O–H groups in total. The van der Waals surface area contributed by atoms with Gasteiger partial charge in [0, 0.05) is 30.9 Å². The summed E-state index contributed by atoms with van der Waals surface area (Å²) >= 11 is 0. The van der Waals surface area contributed by atoms with E-state index in [0.717, 1.165) is 25.3 Å². The van der Waals surface area contributed by atoms with Gasteiger partial charge in [0.25, 0.3) is 5.91 Å². The first kappa shape index (κ1) is 18.7. The van der Waals surface area contributed by atoms with Crippen LogP contribution in [0.1, 0.15) is 21.6 Å². The number of ether oxygens (including phenoxy) is 2. The van der Waals surface area contributed by atoms with E-state index in [2.05, 4.69) is 38.4 Å². The zero-order valence-corrected chi connectivity index (χ0v) is 16.4. The lowest BCUT2D eigenvalue weighted by Crippen LogP contribution is -2.31. The molecule has 7 nitrogen and oxygen atoms in total. The summed E-state index contributed by atoms with van der Waals surface area (Å²) in [5.41, 5.74) is 3.56. The van der Waals surface area contributed by atoms with Crippen LogP contribution in [-0.4, -0.2) is 36.6 Å². The van der Waals surface area contributed by atoms with Gasteiger partial charge in [-0.25, -0.2) is 9.97 Å². The highest BCUT2D eigenvalue weighted by atomic mass is 16.5. The molecule has 0 bridgehead atoms. The molecule has 148 valence electrons. The molecule has 1 amide bonds. The predicted octanol–water partition coefficient (Wildman–Crippen LogP) is 3.31. The Balaban J connectivity index is 1.51. The molecule has 0 unspecified atom stereocenters. The Hall–Kier alpha value is -3.61. The lowest BCUT2D eigenvalue weighted by Gasteiger charge is -2.29. The molecular weight excluding hydrogens is 368 g/mol. The summed E-state index contributed by atoms with van der Waals surface area (Å²) < 4.78 is 10.5. The zero-order chi connectivity index (χ0) is 20.2. The van der Waals surface area contributed by atoms with Gasteiger partial charge in [0.15, 0.2) is 11.5 Å². The Morgan fingerprint density at radius 2 is 1.79 bits per heavy atom. The van der Waals surface area contributed by atoms with E-state index in [-0.39, 0.29) is 5.91 Å². The van der Waals surface area contributed by atoms with Crippen LogP contribution < -0.4 is 19.7 Å². The standard InChI is InChI=1S/C22H22N4O3/c1-28-19-8-7-17(11-20(19)29-2)25-22(27)18-12-21(24-14-23-18)26-10-9-15-5-3-4-6-16(15)13-26/h3-8,11-12,14H,9-10,13H2,1-2H3,(H,25,27). The minimum atomic E-state index is -0.307. The molecule has 1 aromatic heterocycles. The van der Waals surface area contributed by atoms with Crippen molar-refractivity contribution in [3.8, 4) is 11.5 Å². The SMILES string of the molecule is COc1ccc(NC(=O)c2cc(N3CCc4ccccc4C3)ncn2)cc1OC. The van der Waals surface area contributed by atoms with Gasteiger partial charge in [-0.15, -0.1) is 0 Å². The second-order valence-electron chi connectivity index (χ2n) is 6.73. The van der Waals surface area contributed by atoms with Gasteiger partial charge in [-0.3, -0.25) is 4.79 Å². The van der Waals surface area contributed by atoms with Crippen LogP contribution in [0.25, 0.3) is 0 Å². The highest BCUT2D eigenvalue weighted by Crippen LogP contribution is 2.30. The zero-order valence-electron chi connectivity index (χ0n) is 16.4. The van der Waals surface area contributed by atoms with Crippen LogP contribution in [0.2, 0.25) is 0 Å². The van der Waals surface area contributed by atoms with Crippen molar-refractivity contribution < 1.29 is 14.3 Å². The number of benzene rings is 2. The number of hydrogen-bond acceptors (Lipinski definition) is 6. The number of methoxy groups -OCH3 is 2. The smallest absolute Gasteiger partial charge is 0.274 e. The van der Waals surface area contributed by atoms with Gasteiger partial charge in [0.05, 0.1) is 14.2 Å². The molecule has 0 spiro atoms. The van der Waals surface area contributed by atoms with Crippen molar-refractivity contribution in [3.05, 3.63) is 71.7 Å². The van der Waals surface area contributed by atoms with Crippen molar-refractivity contribution in [1.82, 2.24) is 9.97 Å². The normalized spacial score (nSPS) is 12.8. The number of nitrogens with zero attached hydrogens (tertiary/aromatic N) is 3. The van der Waals surface area contributed by atoms with Gasteiger partial charge >= 0.3 is 0 Å². The van der Waals surface area contributed by atoms with Gasteiger partial charge in [-0.1, -0.05) is 24.3 Å². The van der Waals surface area contributed by atoms with E-state index in [9.17, 15) is 4.79 Å². The summed E-state index contributed by atoms with van der Waals surface area (Å²) in [7, 11) is 3.12. The Morgan fingerprint density at radius 3 is 2.59 bits per heavy atom. The van der Waals surface area contributed by atoms with E-state index >= 15 is 0 Å². The molecule has 0 saturated carbocycles. The molecular formula is C22H22N4O3. The first-order valence-electron chi connectivity index (χ1n) is 9.35. The number of hydrogen-bond donors (Lipinski definition) is 1. The topological polar surface area (TPSA) is 76.6 Å². The quantitative estimate of drug-likeness (QED) is 0.720. The minimum absolute atomic E-state index is 0.307. The molecule has 2 aromatic carbocycles. The van der Waals surface area contributed by atoms with Crippen molar-refractivity contribution >= 4 is 17.4 Å². The molecule has 4 rings (SSSR count). The van der Waals surface area contributed by atoms with Gasteiger partial charge in [0.2, 0.25) is 0 Å². The maximum absolute atomic E-state index is 12.7. The maximum atomic E-state index is 12.7. The van der Waals surface area contributed by atoms with Crippen molar-refractivity contribution in [3.63, 3.8) is 0 Å². The van der Waals surface area contributed by atoms with Gasteiger partial charge in [-0.2, -0.15) is 0 Å². The van der Waals surface area contributed by atoms with Crippen LogP contribution in [0.4, 0.5) is 11.5 Å². The Bertz CT molecular complexity index is 1040. The number of carbonyl (C=O) groups is 1. The first-order chi connectivity index (χ1) is 14.2. The third-order valence-corrected chi connectivity index (χ3v) is 4.98. The number of amides is 1. The van der Waals surface area contributed by atoms with Crippen LogP contribution in [0, 0.1) is 0 Å². The minimum Gasteiger partial charge on any atom is -0.493 e. The van der Waals surface area contributed by atoms with E-state index in [4.69, 9.17) is 9.47 Å². The van der Waals surface area contributed by atoms with Crippen LogP contribution in [0.3, 0.4) is 0 Å². The second-order valence-corrected chi connectivity index (χ2v) is 6.73. The number of nitrogens with one attached hydrogen (secondary N) is 1. The van der Waals surface area contributed by atoms with E-state index < -0.39 is 0 Å². The highest BCUT2D eigenvalue weighted by Gasteiger charge is 2.19. The third kappa shape index (κ3) is 3.99. The largest absolute Gasteiger partial charge is 0.493 e. The lowest BCUT2D eigenvalue weighted by molar-refractivity contribution is 0.102. The summed E-state index contributed by atoms with van der Waals surface area (Å²) in [6, 6.07) is 15.3. The van der Waals surface area contributed by atoms with E-state index in [1.165, 1.54) is 17.5 Å². The molecule has 0 atom stereocenters. The van der Waals surface area contributed by atoms with Crippen LogP contribution in [0.15, 0.2) is 54.9 Å². The number of rotatable bonds is 5. The van der Waals surface area contributed by atoms with E-state index in [1.807, 2.05) is 6.07 Å². The molecule has 1 aliphatic rings. The molecule has 2 heterocycles. The maximum Gasteiger partial charge on any atom is 0.274 e. The molecule has 29 heavy (non-hydrogen) atoms. The first-order valence-corrected chi connectivity index (χ1v) is 9.35. The van der Waals surface area contributed by atoms with Crippen molar-refractivity contribution in [2.24, 2.45) is 0 Å². The molecule has 0 radical (unpaired) electrons. The summed E-state index contributed by atoms with van der Waals surface area (Å²) in [4.78, 5) is 23.4. The van der Waals surface area contributed by atoms with Crippen LogP contribution in [0.5, 0.6) is 11.5 Å². The molecule has 1 aliphatic heterocycles. The van der Waals surface area contributed by atoms with Crippen molar-refractivity contribution in [2.45, 2.75) is 13.0 Å². The molecule has 7 heteroatoms. The molecule has 3 aromatic rings. The van der Waals surface area contributed by atoms with Crippen LogP contribution in [-0.2, 0) is 13.0 Å². The predicted molar refractivity (Wildman–Crippen MR) is 111 cm³/mol. The van der Waals surface area contributed by atoms with Crippen LogP contribution >= 0.6 is 0 Å². The molecule has 0 aliphatic carbocycles. The molecule has 0 fully saturated rings. The third-order valence-electron chi connectivity index (χ3n) is 4.98. The number of anilines is 2. The fourth-order valence-electron chi connectivity index (χ4n) is 3.44. The fourth-order valence-corrected chi connectivity index (χ4v) is 3.44. The number of aromatic nitrogens is 2. The van der Waals surface area contributed by atoms with E-state index in [1.54, 1.807) is 38.5 Å². The summed E-state index contributed by atoms with van der Waals surface area (Å²) in [5, 5.41) is 2.85. The van der Waals surface area contributed by atoms with Gasteiger partial charge < -0.3 is 19.7 Å². The average Bonchev–Trinajstić information content (AvgIpc) is 2.78. The second kappa shape index (κ2) is 8.18. The Labute approximate surface area is 169 Å².